The van der Waals surface area contributed by atoms with Crippen molar-refractivity contribution in [3.63, 3.8) is 0 Å². The zero-order valence-corrected chi connectivity index (χ0v) is 19.4. The molecule has 1 saturated heterocycles. The highest BCUT2D eigenvalue weighted by atomic mass is 35.5. The smallest absolute Gasteiger partial charge is 0.410 e. The van der Waals surface area contributed by atoms with E-state index in [9.17, 15) is 4.79 Å². The minimum Gasteiger partial charge on any atom is -0.410 e. The van der Waals surface area contributed by atoms with Crippen LogP contribution < -0.4 is 4.74 Å². The highest BCUT2D eigenvalue weighted by molar-refractivity contribution is 6.30. The Morgan fingerprint density at radius 1 is 1.03 bits per heavy atom. The Bertz CT molecular complexity index is 638. The molecule has 0 aromatic heterocycles. The van der Waals surface area contributed by atoms with Crippen LogP contribution in [0.25, 0.3) is 0 Å². The van der Waals surface area contributed by atoms with E-state index in [1.807, 2.05) is 7.05 Å². The number of nitrogens with zero attached hydrogens (tertiary/aromatic N) is 3. The van der Waals surface area contributed by atoms with Gasteiger partial charge in [0.15, 0.2) is 0 Å². The van der Waals surface area contributed by atoms with E-state index in [0.29, 0.717) is 16.8 Å². The van der Waals surface area contributed by atoms with Gasteiger partial charge in [0.25, 0.3) is 0 Å². The number of amides is 1. The van der Waals surface area contributed by atoms with Crippen LogP contribution >= 0.6 is 11.6 Å². The second kappa shape index (κ2) is 11.9. The van der Waals surface area contributed by atoms with Crippen LogP contribution in [-0.4, -0.2) is 73.7 Å². The zero-order chi connectivity index (χ0) is 21.3. The maximum atomic E-state index is 12.4. The maximum absolute atomic E-state index is 12.4. The highest BCUT2D eigenvalue weighted by Gasteiger charge is 2.27. The Labute approximate surface area is 187 Å². The van der Waals surface area contributed by atoms with Crippen LogP contribution in [0.15, 0.2) is 24.3 Å². The Morgan fingerprint density at radius 3 is 2.37 bits per heavy atom. The number of unbranched alkanes of at least 4 members (excludes halogenated alkanes) is 2. The van der Waals surface area contributed by atoms with Crippen LogP contribution in [-0.2, 0) is 0 Å². The Hall–Kier alpha value is -1.30. The molecule has 1 saturated carbocycles. The number of likely N-dealkylation sites (N-methyl/N-ethyl adjacent to an activating group) is 1. The largest absolute Gasteiger partial charge is 0.415 e. The summed E-state index contributed by atoms with van der Waals surface area (Å²) in [6.45, 7) is 6.15. The molecule has 2 aliphatic rings. The maximum Gasteiger partial charge on any atom is 0.415 e. The molecule has 5 nitrogen and oxygen atoms in total. The van der Waals surface area contributed by atoms with Gasteiger partial charge < -0.3 is 19.4 Å². The minimum absolute atomic E-state index is 0.273. The van der Waals surface area contributed by atoms with Crippen LogP contribution in [0.4, 0.5) is 4.79 Å². The van der Waals surface area contributed by atoms with E-state index in [2.05, 4.69) is 16.8 Å². The summed E-state index contributed by atoms with van der Waals surface area (Å²) in [5, 5.41) is 0.640. The predicted molar refractivity (Wildman–Crippen MR) is 123 cm³/mol. The van der Waals surface area contributed by atoms with Crippen molar-refractivity contribution in [2.45, 2.75) is 57.4 Å². The fourth-order valence-electron chi connectivity index (χ4n) is 4.66. The number of benzene rings is 1. The number of hydrogen-bond acceptors (Lipinski definition) is 4. The molecular formula is C24H38ClN3O2. The molecule has 6 heteroatoms. The molecule has 1 heterocycles. The van der Waals surface area contributed by atoms with Crippen LogP contribution in [0.2, 0.25) is 5.02 Å². The van der Waals surface area contributed by atoms with Crippen molar-refractivity contribution in [3.05, 3.63) is 29.3 Å². The van der Waals surface area contributed by atoms with Crippen molar-refractivity contribution in [1.29, 1.82) is 0 Å². The predicted octanol–water partition coefficient (Wildman–Crippen LogP) is 5.14. The van der Waals surface area contributed by atoms with Gasteiger partial charge in [-0.05, 0) is 75.9 Å². The van der Waals surface area contributed by atoms with Gasteiger partial charge in [0, 0.05) is 44.3 Å². The third-order valence-corrected chi connectivity index (χ3v) is 7.11. The van der Waals surface area contributed by atoms with Gasteiger partial charge in [-0.25, -0.2) is 4.79 Å². The van der Waals surface area contributed by atoms with E-state index in [1.165, 1.54) is 71.2 Å². The van der Waals surface area contributed by atoms with Gasteiger partial charge in [0.2, 0.25) is 0 Å². The van der Waals surface area contributed by atoms with Crippen LogP contribution in [0, 0.1) is 5.92 Å². The summed E-state index contributed by atoms with van der Waals surface area (Å²) in [7, 11) is 4.08. The van der Waals surface area contributed by atoms with Gasteiger partial charge >= 0.3 is 6.09 Å². The van der Waals surface area contributed by atoms with Gasteiger partial charge in [0.1, 0.15) is 5.75 Å². The summed E-state index contributed by atoms with van der Waals surface area (Å²) >= 11 is 5.89. The first-order valence-electron chi connectivity index (χ1n) is 11.6. The molecule has 30 heavy (non-hydrogen) atoms. The lowest BCUT2D eigenvalue weighted by Crippen LogP contribution is -2.44. The zero-order valence-electron chi connectivity index (χ0n) is 18.7. The first kappa shape index (κ1) is 23.4. The summed E-state index contributed by atoms with van der Waals surface area (Å²) in [6.07, 6.45) is 9.70. The van der Waals surface area contributed by atoms with E-state index in [4.69, 9.17) is 16.3 Å². The molecule has 2 fully saturated rings. The summed E-state index contributed by atoms with van der Waals surface area (Å²) in [4.78, 5) is 19.2. The lowest BCUT2D eigenvalue weighted by molar-refractivity contribution is 0.123. The number of carbonyl (C=O) groups is 1. The number of halogens is 1. The average molecular weight is 436 g/mol. The molecule has 1 aliphatic carbocycles. The molecular weight excluding hydrogens is 398 g/mol. The van der Waals surface area contributed by atoms with Crippen molar-refractivity contribution in [2.24, 2.45) is 5.92 Å². The quantitative estimate of drug-likeness (QED) is 0.530. The van der Waals surface area contributed by atoms with E-state index in [1.54, 1.807) is 29.2 Å². The summed E-state index contributed by atoms with van der Waals surface area (Å²) in [5.74, 6) is 1.37. The molecule has 1 aliphatic heterocycles. The van der Waals surface area contributed by atoms with Crippen molar-refractivity contribution >= 4 is 17.7 Å². The molecule has 3 rings (SSSR count). The number of piperazine rings is 1. The lowest BCUT2D eigenvalue weighted by Gasteiger charge is -2.34. The van der Waals surface area contributed by atoms with Crippen molar-refractivity contribution in [3.8, 4) is 5.75 Å². The van der Waals surface area contributed by atoms with Crippen LogP contribution in [0.1, 0.15) is 51.4 Å². The molecule has 0 bridgehead atoms. The van der Waals surface area contributed by atoms with Crippen LogP contribution in [0.5, 0.6) is 5.75 Å². The molecule has 1 amide bonds. The van der Waals surface area contributed by atoms with Crippen LogP contribution in [0.3, 0.4) is 0 Å². The lowest BCUT2D eigenvalue weighted by atomic mass is 9.82. The molecule has 1 aromatic carbocycles. The number of rotatable bonds is 8. The SMILES string of the molecule is CN1CCN(CCCCC[C@H]2CC[C@H](N(C)C(=O)Oc3ccc(Cl)cc3)CC2)CC1. The van der Waals surface area contributed by atoms with Crippen molar-refractivity contribution < 1.29 is 9.53 Å². The van der Waals surface area contributed by atoms with E-state index >= 15 is 0 Å². The second-order valence-electron chi connectivity index (χ2n) is 9.10. The standard InChI is InChI=1S/C24H38ClN3O2/c1-26-16-18-28(19-17-26)15-5-3-4-6-20-7-11-22(12-8-20)27(2)24(29)30-23-13-9-21(25)10-14-23/h9-10,13-14,20,22H,3-8,11-12,15-19H2,1-2H3/t20-,22-. The normalized spacial score (nSPS) is 23.3. The molecule has 1 aromatic rings. The van der Waals surface area contributed by atoms with Gasteiger partial charge in [0.05, 0.1) is 0 Å². The van der Waals surface area contributed by atoms with Gasteiger partial charge in [-0.3, -0.25) is 0 Å². The first-order valence-corrected chi connectivity index (χ1v) is 12.0. The summed E-state index contributed by atoms with van der Waals surface area (Å²) in [6, 6.07) is 7.23. The average Bonchev–Trinajstić information content (AvgIpc) is 2.76. The van der Waals surface area contributed by atoms with Gasteiger partial charge in [-0.1, -0.05) is 30.9 Å². The Morgan fingerprint density at radius 2 is 1.70 bits per heavy atom. The topological polar surface area (TPSA) is 36.0 Å². The minimum atomic E-state index is -0.273. The number of carbonyl (C=O) groups excluding carboxylic acids is 1. The Kier molecular flexibility index (Phi) is 9.28. The first-order chi connectivity index (χ1) is 14.5. The summed E-state index contributed by atoms with van der Waals surface area (Å²) < 4.78 is 5.48. The fourth-order valence-corrected chi connectivity index (χ4v) is 4.79. The third kappa shape index (κ3) is 7.44. The van der Waals surface area contributed by atoms with Gasteiger partial charge in [-0.2, -0.15) is 0 Å². The molecule has 0 N–H and O–H groups in total. The molecule has 0 atom stereocenters. The number of hydrogen-bond donors (Lipinski definition) is 0. The van der Waals surface area contributed by atoms with Gasteiger partial charge in [-0.15, -0.1) is 0 Å². The fraction of sp³-hybridized carbons (Fsp3) is 0.708. The Balaban J connectivity index is 1.27. The van der Waals surface area contributed by atoms with E-state index < -0.39 is 0 Å². The number of ether oxygens (including phenoxy) is 1. The summed E-state index contributed by atoms with van der Waals surface area (Å²) in [5.41, 5.74) is 0. The van der Waals surface area contributed by atoms with Crippen molar-refractivity contribution in [2.75, 3.05) is 46.8 Å². The molecule has 0 unspecified atom stereocenters. The van der Waals surface area contributed by atoms with E-state index in [-0.39, 0.29) is 6.09 Å². The molecule has 0 radical (unpaired) electrons. The highest BCUT2D eigenvalue weighted by Crippen LogP contribution is 2.31. The molecule has 0 spiro atoms. The second-order valence-corrected chi connectivity index (χ2v) is 9.54. The molecule has 168 valence electrons. The third-order valence-electron chi connectivity index (χ3n) is 6.85. The monoisotopic (exact) mass is 435 g/mol. The van der Waals surface area contributed by atoms with Crippen molar-refractivity contribution in [1.82, 2.24) is 14.7 Å². The van der Waals surface area contributed by atoms with E-state index in [0.717, 1.165) is 18.8 Å².